The summed E-state index contributed by atoms with van der Waals surface area (Å²) in [7, 11) is 3.30. The summed E-state index contributed by atoms with van der Waals surface area (Å²) >= 11 is 0. The molecule has 1 aliphatic rings. The molecule has 0 aliphatic heterocycles. The second-order valence-corrected chi connectivity index (χ2v) is 6.48. The number of rotatable bonds is 6. The van der Waals surface area contributed by atoms with Crippen LogP contribution in [0.25, 0.3) is 5.65 Å². The molecule has 0 radical (unpaired) electrons. The number of aromatic nitrogens is 4. The molecule has 1 aliphatic carbocycles. The first kappa shape index (κ1) is 18.0. The molecule has 4 N–H and O–H groups in total. The van der Waals surface area contributed by atoms with Gasteiger partial charge in [0.25, 0.3) is 5.91 Å². The molecule has 3 aromatic heterocycles. The monoisotopic (exact) mass is 383 g/mol. The number of aliphatic hydroxyl groups is 1. The van der Waals surface area contributed by atoms with Gasteiger partial charge in [-0.25, -0.2) is 9.97 Å². The van der Waals surface area contributed by atoms with Gasteiger partial charge >= 0.3 is 0 Å². The van der Waals surface area contributed by atoms with Gasteiger partial charge in [-0.1, -0.05) is 0 Å². The van der Waals surface area contributed by atoms with Crippen LogP contribution in [0.1, 0.15) is 23.2 Å². The van der Waals surface area contributed by atoms with E-state index in [0.717, 1.165) is 6.42 Å². The van der Waals surface area contributed by atoms with Gasteiger partial charge in [-0.05, 0) is 25.0 Å². The number of hydrogen-bond donors (Lipinski definition) is 4. The molecule has 3 heterocycles. The van der Waals surface area contributed by atoms with Gasteiger partial charge < -0.3 is 25.8 Å². The molecular formula is C18H21N7O3. The Morgan fingerprint density at radius 2 is 2.25 bits per heavy atom. The summed E-state index contributed by atoms with van der Waals surface area (Å²) in [4.78, 5) is 21.4. The molecule has 10 heteroatoms. The third kappa shape index (κ3) is 3.18. The number of aliphatic hydroxyl groups excluding tert-OH is 1. The molecule has 1 fully saturated rings. The van der Waals surface area contributed by atoms with Gasteiger partial charge in [0.1, 0.15) is 22.9 Å². The molecule has 4 rings (SSSR count). The molecule has 28 heavy (non-hydrogen) atoms. The largest absolute Gasteiger partial charge is 0.480 e. The van der Waals surface area contributed by atoms with Crippen LogP contribution < -0.4 is 20.7 Å². The number of hydrogen-bond acceptors (Lipinski definition) is 8. The van der Waals surface area contributed by atoms with E-state index in [9.17, 15) is 9.90 Å². The SMILES string of the molecule is CNc1cc(Nc2cccnc2OC)nc2c(C(=O)NC3CC[C@H]3O)cnn12. The molecule has 1 unspecified atom stereocenters. The Labute approximate surface area is 161 Å². The van der Waals surface area contributed by atoms with Crippen molar-refractivity contribution in [2.24, 2.45) is 0 Å². The highest BCUT2D eigenvalue weighted by Gasteiger charge is 2.31. The average Bonchev–Trinajstić information content (AvgIpc) is 3.14. The summed E-state index contributed by atoms with van der Waals surface area (Å²) in [6.07, 6.45) is 4.06. The predicted molar refractivity (Wildman–Crippen MR) is 103 cm³/mol. The lowest BCUT2D eigenvalue weighted by Crippen LogP contribution is -2.50. The normalized spacial score (nSPS) is 18.4. The molecule has 146 valence electrons. The van der Waals surface area contributed by atoms with Crippen LogP contribution in [0.3, 0.4) is 0 Å². The number of nitrogens with zero attached hydrogens (tertiary/aromatic N) is 4. The van der Waals surface area contributed by atoms with Gasteiger partial charge in [0.2, 0.25) is 5.88 Å². The van der Waals surface area contributed by atoms with Crippen molar-refractivity contribution in [3.8, 4) is 5.88 Å². The van der Waals surface area contributed by atoms with Crippen molar-refractivity contribution in [1.29, 1.82) is 0 Å². The lowest BCUT2D eigenvalue weighted by Gasteiger charge is -2.32. The third-order valence-electron chi connectivity index (χ3n) is 4.75. The molecule has 0 spiro atoms. The number of carbonyl (C=O) groups excluding carboxylic acids is 1. The zero-order valence-corrected chi connectivity index (χ0v) is 15.5. The van der Waals surface area contributed by atoms with Crippen LogP contribution >= 0.6 is 0 Å². The van der Waals surface area contributed by atoms with Gasteiger partial charge in [0, 0.05) is 19.3 Å². The van der Waals surface area contributed by atoms with Gasteiger partial charge in [0.05, 0.1) is 25.5 Å². The quantitative estimate of drug-likeness (QED) is 0.500. The second-order valence-electron chi connectivity index (χ2n) is 6.48. The van der Waals surface area contributed by atoms with Gasteiger partial charge in [-0.3, -0.25) is 4.79 Å². The summed E-state index contributed by atoms with van der Waals surface area (Å²) in [5.74, 6) is 1.27. The van der Waals surface area contributed by atoms with Gasteiger partial charge in [-0.15, -0.1) is 0 Å². The van der Waals surface area contributed by atoms with E-state index in [-0.39, 0.29) is 11.9 Å². The first-order valence-corrected chi connectivity index (χ1v) is 8.92. The smallest absolute Gasteiger partial charge is 0.257 e. The Kier molecular flexibility index (Phi) is 4.70. The minimum absolute atomic E-state index is 0.229. The van der Waals surface area contributed by atoms with E-state index in [0.29, 0.717) is 40.8 Å². The van der Waals surface area contributed by atoms with E-state index in [1.807, 2.05) is 6.07 Å². The maximum atomic E-state index is 12.7. The zero-order valence-electron chi connectivity index (χ0n) is 15.5. The molecule has 0 saturated heterocycles. The molecular weight excluding hydrogens is 362 g/mol. The number of ether oxygens (including phenoxy) is 1. The third-order valence-corrected chi connectivity index (χ3v) is 4.75. The number of pyridine rings is 1. The Bertz CT molecular complexity index is 1020. The van der Waals surface area contributed by atoms with E-state index >= 15 is 0 Å². The van der Waals surface area contributed by atoms with Crippen molar-refractivity contribution < 1.29 is 14.6 Å². The fourth-order valence-corrected chi connectivity index (χ4v) is 3.05. The maximum Gasteiger partial charge on any atom is 0.257 e. The summed E-state index contributed by atoms with van der Waals surface area (Å²) < 4.78 is 6.81. The van der Waals surface area contributed by atoms with Crippen molar-refractivity contribution in [2.45, 2.75) is 25.0 Å². The second kappa shape index (κ2) is 7.31. The van der Waals surface area contributed by atoms with Crippen molar-refractivity contribution >= 4 is 28.9 Å². The van der Waals surface area contributed by atoms with Crippen LogP contribution in [-0.4, -0.2) is 56.9 Å². The summed E-state index contributed by atoms with van der Waals surface area (Å²) in [5, 5.41) is 23.0. The van der Waals surface area contributed by atoms with Crippen LogP contribution in [0.4, 0.5) is 17.3 Å². The van der Waals surface area contributed by atoms with Crippen LogP contribution in [0.5, 0.6) is 5.88 Å². The number of nitrogens with one attached hydrogen (secondary N) is 3. The summed E-state index contributed by atoms with van der Waals surface area (Å²) in [6.45, 7) is 0. The lowest BCUT2D eigenvalue weighted by atomic mass is 9.89. The Balaban J connectivity index is 1.69. The minimum Gasteiger partial charge on any atom is -0.480 e. The Morgan fingerprint density at radius 1 is 1.39 bits per heavy atom. The molecule has 0 aromatic carbocycles. The molecule has 3 aromatic rings. The number of fused-ring (bicyclic) bond motifs is 1. The van der Waals surface area contributed by atoms with E-state index < -0.39 is 6.10 Å². The predicted octanol–water partition coefficient (Wildman–Crippen LogP) is 1.17. The Hall–Kier alpha value is -3.40. The van der Waals surface area contributed by atoms with E-state index in [4.69, 9.17) is 4.74 Å². The van der Waals surface area contributed by atoms with E-state index in [1.165, 1.54) is 13.3 Å². The molecule has 1 saturated carbocycles. The lowest BCUT2D eigenvalue weighted by molar-refractivity contribution is 0.0448. The first-order valence-electron chi connectivity index (χ1n) is 8.92. The van der Waals surface area contributed by atoms with Crippen LogP contribution in [0.2, 0.25) is 0 Å². The van der Waals surface area contributed by atoms with Gasteiger partial charge in [-0.2, -0.15) is 9.61 Å². The van der Waals surface area contributed by atoms with Crippen LogP contribution in [-0.2, 0) is 0 Å². The minimum atomic E-state index is -0.498. The number of methoxy groups -OCH3 is 1. The highest BCUT2D eigenvalue weighted by Crippen LogP contribution is 2.27. The highest BCUT2D eigenvalue weighted by atomic mass is 16.5. The Morgan fingerprint density at radius 3 is 2.93 bits per heavy atom. The topological polar surface area (TPSA) is 126 Å². The number of amides is 1. The van der Waals surface area contributed by atoms with E-state index in [1.54, 1.807) is 29.9 Å². The van der Waals surface area contributed by atoms with Crippen molar-refractivity contribution in [3.05, 3.63) is 36.2 Å². The molecule has 2 atom stereocenters. The number of anilines is 3. The van der Waals surface area contributed by atoms with Crippen LogP contribution in [0, 0.1) is 0 Å². The van der Waals surface area contributed by atoms with Crippen molar-refractivity contribution in [3.63, 3.8) is 0 Å². The van der Waals surface area contributed by atoms with Crippen molar-refractivity contribution in [2.75, 3.05) is 24.8 Å². The standard InChI is InChI=1S/C18H21N7O3/c1-19-15-8-14(22-12-4-3-7-20-18(12)28-2)24-16-10(9-21-25(15)16)17(27)23-11-5-6-13(11)26/h3-4,7-9,11,13,19,26H,5-6H2,1-2H3,(H,22,24)(H,23,27)/t11?,13-/m1/s1. The number of carbonyl (C=O) groups is 1. The first-order chi connectivity index (χ1) is 13.6. The summed E-state index contributed by atoms with van der Waals surface area (Å²) in [6, 6.07) is 5.14. The molecule has 0 bridgehead atoms. The van der Waals surface area contributed by atoms with E-state index in [2.05, 4.69) is 31.0 Å². The fraction of sp³-hybridized carbons (Fsp3) is 0.333. The average molecular weight is 383 g/mol. The fourth-order valence-electron chi connectivity index (χ4n) is 3.05. The van der Waals surface area contributed by atoms with Crippen molar-refractivity contribution in [1.82, 2.24) is 24.9 Å². The zero-order chi connectivity index (χ0) is 19.7. The summed E-state index contributed by atoms with van der Waals surface area (Å²) in [5.41, 5.74) is 1.37. The highest BCUT2D eigenvalue weighted by molar-refractivity contribution is 6.00. The van der Waals surface area contributed by atoms with Crippen LogP contribution in [0.15, 0.2) is 30.6 Å². The van der Waals surface area contributed by atoms with Gasteiger partial charge in [0.15, 0.2) is 5.65 Å². The molecule has 10 nitrogen and oxygen atoms in total. The maximum absolute atomic E-state index is 12.7. The molecule has 1 amide bonds.